The highest BCUT2D eigenvalue weighted by Crippen LogP contribution is 2.43. The van der Waals surface area contributed by atoms with Crippen LogP contribution in [0.3, 0.4) is 0 Å². The molecule has 0 aromatic heterocycles. The van der Waals surface area contributed by atoms with Crippen LogP contribution >= 0.6 is 0 Å². The first-order valence-electron chi connectivity index (χ1n) is 4.31. The van der Waals surface area contributed by atoms with E-state index >= 15 is 0 Å². The van der Waals surface area contributed by atoms with Crippen molar-refractivity contribution in [3.63, 3.8) is 0 Å². The smallest absolute Gasteiger partial charge is 0.196 e. The molecule has 0 spiro atoms. The van der Waals surface area contributed by atoms with Gasteiger partial charge in [0.05, 0.1) is 0 Å². The van der Waals surface area contributed by atoms with Crippen LogP contribution in [-0.2, 0) is 4.43 Å². The summed E-state index contributed by atoms with van der Waals surface area (Å²) in [4.78, 5) is 0. The molecular weight excluding hydrogens is 152 g/mol. The molecule has 0 aliphatic heterocycles. The predicted molar refractivity (Wildman–Crippen MR) is 53.4 cm³/mol. The third-order valence-electron chi connectivity index (χ3n) is 3.01. The van der Waals surface area contributed by atoms with E-state index in [2.05, 4.69) is 41.2 Å². The summed E-state index contributed by atoms with van der Waals surface area (Å²) in [6.07, 6.45) is 0. The van der Waals surface area contributed by atoms with Gasteiger partial charge in [-0.1, -0.05) is 34.6 Å². The molecule has 0 rings (SSSR count). The van der Waals surface area contributed by atoms with E-state index in [0.717, 1.165) is 0 Å². The summed E-state index contributed by atoms with van der Waals surface area (Å²) in [6.45, 7) is 13.7. The van der Waals surface area contributed by atoms with E-state index in [0.29, 0.717) is 10.6 Å². The Hall–Kier alpha value is 0.177. The lowest BCUT2D eigenvalue weighted by atomic mass is 10.2. The van der Waals surface area contributed by atoms with Crippen LogP contribution in [0.1, 0.15) is 34.6 Å². The number of rotatable bonds is 2. The topological polar surface area (TPSA) is 9.23 Å². The molecule has 0 aromatic rings. The molecule has 0 amide bonds. The van der Waals surface area contributed by atoms with Crippen LogP contribution in [0.25, 0.3) is 0 Å². The van der Waals surface area contributed by atoms with Crippen LogP contribution in [0.4, 0.5) is 0 Å². The summed E-state index contributed by atoms with van der Waals surface area (Å²) >= 11 is 0. The van der Waals surface area contributed by atoms with Gasteiger partial charge >= 0.3 is 0 Å². The second-order valence-corrected chi connectivity index (χ2v) is 9.99. The molecule has 0 heterocycles. The number of hydrogen-bond donors (Lipinski definition) is 0. The summed E-state index contributed by atoms with van der Waals surface area (Å²) < 4.78 is 5.70. The van der Waals surface area contributed by atoms with E-state index in [1.807, 2.05) is 7.11 Å². The molecule has 0 aliphatic carbocycles. The van der Waals surface area contributed by atoms with E-state index in [1.54, 1.807) is 0 Å². The maximum atomic E-state index is 5.70. The van der Waals surface area contributed by atoms with Crippen molar-refractivity contribution in [2.24, 2.45) is 0 Å². The van der Waals surface area contributed by atoms with Gasteiger partial charge in [-0.3, -0.25) is 0 Å². The van der Waals surface area contributed by atoms with Crippen molar-refractivity contribution in [1.29, 1.82) is 0 Å². The molecule has 0 bridgehead atoms. The zero-order chi connectivity index (χ0) is 9.28. The first kappa shape index (κ1) is 11.2. The molecule has 11 heavy (non-hydrogen) atoms. The second-order valence-electron chi connectivity index (χ2n) is 4.72. The molecule has 0 radical (unpaired) electrons. The molecule has 1 atom stereocenters. The largest absolute Gasteiger partial charge is 0.419 e. The monoisotopic (exact) mass is 174 g/mol. The van der Waals surface area contributed by atoms with Crippen molar-refractivity contribution in [2.75, 3.05) is 7.11 Å². The molecule has 0 fully saturated rings. The van der Waals surface area contributed by atoms with Crippen LogP contribution in [0, 0.1) is 0 Å². The molecule has 0 saturated heterocycles. The van der Waals surface area contributed by atoms with Crippen molar-refractivity contribution < 1.29 is 4.43 Å². The van der Waals surface area contributed by atoms with Gasteiger partial charge in [-0.15, -0.1) is 0 Å². The standard InChI is InChI=1S/C9H22OSi/c1-8(2)11(7,10-6)9(3,4)5/h8H,1-7H3. The fraction of sp³-hybridized carbons (Fsp3) is 1.00. The Kier molecular flexibility index (Phi) is 3.33. The van der Waals surface area contributed by atoms with E-state index < -0.39 is 8.32 Å². The Morgan fingerprint density at radius 3 is 1.55 bits per heavy atom. The third kappa shape index (κ3) is 2.06. The zero-order valence-electron chi connectivity index (χ0n) is 8.99. The lowest BCUT2D eigenvalue weighted by molar-refractivity contribution is 0.356. The van der Waals surface area contributed by atoms with Gasteiger partial charge in [0.15, 0.2) is 8.32 Å². The van der Waals surface area contributed by atoms with Gasteiger partial charge in [-0.05, 0) is 17.1 Å². The van der Waals surface area contributed by atoms with Crippen LogP contribution < -0.4 is 0 Å². The van der Waals surface area contributed by atoms with E-state index in [4.69, 9.17) is 4.43 Å². The van der Waals surface area contributed by atoms with Crippen molar-refractivity contribution in [1.82, 2.24) is 0 Å². The summed E-state index contributed by atoms with van der Waals surface area (Å²) in [6, 6.07) is 0. The molecule has 68 valence electrons. The van der Waals surface area contributed by atoms with Gasteiger partial charge in [0, 0.05) is 7.11 Å². The second kappa shape index (κ2) is 3.28. The molecule has 1 nitrogen and oxygen atoms in total. The minimum Gasteiger partial charge on any atom is -0.419 e. The fourth-order valence-corrected chi connectivity index (χ4v) is 4.22. The predicted octanol–water partition coefficient (Wildman–Crippen LogP) is 3.42. The van der Waals surface area contributed by atoms with Gasteiger partial charge in [-0.25, -0.2) is 0 Å². The first-order chi connectivity index (χ1) is 4.75. The highest BCUT2D eigenvalue weighted by atomic mass is 28.4. The quantitative estimate of drug-likeness (QED) is 0.583. The lowest BCUT2D eigenvalue weighted by Crippen LogP contribution is -2.45. The molecule has 1 unspecified atom stereocenters. The minimum absolute atomic E-state index is 0.343. The summed E-state index contributed by atoms with van der Waals surface area (Å²) in [5, 5.41) is 0.343. The average molecular weight is 174 g/mol. The van der Waals surface area contributed by atoms with Crippen molar-refractivity contribution in [3.05, 3.63) is 0 Å². The average Bonchev–Trinajstić information content (AvgIpc) is 1.83. The Balaban J connectivity index is 4.61. The Bertz CT molecular complexity index is 126. The molecule has 0 saturated carbocycles. The highest BCUT2D eigenvalue weighted by Gasteiger charge is 2.43. The minimum atomic E-state index is -1.50. The molecule has 0 N–H and O–H groups in total. The van der Waals surface area contributed by atoms with Crippen molar-refractivity contribution in [3.8, 4) is 0 Å². The van der Waals surface area contributed by atoms with Gasteiger partial charge in [0.2, 0.25) is 0 Å². The zero-order valence-corrected chi connectivity index (χ0v) is 9.99. The van der Waals surface area contributed by atoms with Crippen LogP contribution in [0.15, 0.2) is 0 Å². The van der Waals surface area contributed by atoms with E-state index in [-0.39, 0.29) is 0 Å². The Labute approximate surface area is 72.3 Å². The highest BCUT2D eigenvalue weighted by molar-refractivity contribution is 6.76. The van der Waals surface area contributed by atoms with Crippen molar-refractivity contribution in [2.45, 2.75) is 51.7 Å². The summed E-state index contributed by atoms with van der Waals surface area (Å²) in [5.41, 5.74) is 0.688. The fourth-order valence-electron chi connectivity index (χ4n) is 1.41. The van der Waals surface area contributed by atoms with Crippen LogP contribution in [0.5, 0.6) is 0 Å². The molecule has 0 aliphatic rings. The van der Waals surface area contributed by atoms with Gasteiger partial charge < -0.3 is 4.43 Å². The maximum Gasteiger partial charge on any atom is 0.196 e. The number of hydrogen-bond acceptors (Lipinski definition) is 1. The lowest BCUT2D eigenvalue weighted by Gasteiger charge is -2.41. The van der Waals surface area contributed by atoms with Gasteiger partial charge in [0.25, 0.3) is 0 Å². The van der Waals surface area contributed by atoms with E-state index in [1.165, 1.54) is 0 Å². The summed E-state index contributed by atoms with van der Waals surface area (Å²) in [7, 11) is 0.356. The van der Waals surface area contributed by atoms with E-state index in [9.17, 15) is 0 Å². The molecule has 0 aromatic carbocycles. The van der Waals surface area contributed by atoms with Gasteiger partial charge in [0.1, 0.15) is 0 Å². The van der Waals surface area contributed by atoms with Gasteiger partial charge in [-0.2, -0.15) is 0 Å². The van der Waals surface area contributed by atoms with Crippen molar-refractivity contribution >= 4 is 8.32 Å². The molecule has 2 heteroatoms. The van der Waals surface area contributed by atoms with Crippen LogP contribution in [0.2, 0.25) is 17.1 Å². The summed E-state index contributed by atoms with van der Waals surface area (Å²) in [5.74, 6) is 0. The Morgan fingerprint density at radius 2 is 1.55 bits per heavy atom. The normalized spacial score (nSPS) is 18.5. The SMILES string of the molecule is CO[Si](C)(C(C)C)C(C)(C)C. The third-order valence-corrected chi connectivity index (χ3v) is 9.04. The Morgan fingerprint density at radius 1 is 1.18 bits per heavy atom. The van der Waals surface area contributed by atoms with Crippen LogP contribution in [-0.4, -0.2) is 15.4 Å². The first-order valence-corrected chi connectivity index (χ1v) is 6.79. The maximum absolute atomic E-state index is 5.70. The molecular formula is C9H22OSi.